The number of hydrogen-bond donors (Lipinski definition) is 2. The predicted octanol–water partition coefficient (Wildman–Crippen LogP) is 18.0. The molecule has 0 atom stereocenters. The van der Waals surface area contributed by atoms with Crippen molar-refractivity contribution >= 4 is 24.5 Å². The normalized spacial score (nSPS) is 17.4. The highest BCUT2D eigenvalue weighted by Crippen LogP contribution is 2.43. The zero-order valence-corrected chi connectivity index (χ0v) is 44.9. The number of rotatable bonds is 16. The van der Waals surface area contributed by atoms with Gasteiger partial charge >= 0.3 is 0 Å². The van der Waals surface area contributed by atoms with Crippen LogP contribution in [0.15, 0.2) is 137 Å². The van der Waals surface area contributed by atoms with E-state index in [1.54, 1.807) is 11.1 Å². The molecule has 6 rings (SSSR count). The van der Waals surface area contributed by atoms with E-state index in [9.17, 15) is 9.18 Å². The molecular formula is C65H93FO3. The number of halogens is 1. The fourth-order valence-electron chi connectivity index (χ4n) is 10.1. The van der Waals surface area contributed by atoms with Gasteiger partial charge in [-0.3, -0.25) is 4.39 Å². The van der Waals surface area contributed by atoms with E-state index < -0.39 is 7.15 Å². The van der Waals surface area contributed by atoms with E-state index >= 15 is 0 Å². The summed E-state index contributed by atoms with van der Waals surface area (Å²) < 4.78 is 15.5. The van der Waals surface area contributed by atoms with Crippen molar-refractivity contribution < 1.29 is 20.8 Å². The second-order valence-corrected chi connectivity index (χ2v) is 21.3. The molecule has 0 radical (unpaired) electrons. The molecule has 0 fully saturated rings. The standard InChI is InChI=1S/C23H34O.C20H26O.C18H24.C3H6O.CH3F/c1-19-10-9-16-23(2,3)22(19)15-14-21-13-8-12-20(18-21)11-6-4-5-7-17-24;1-16-7-5-13-20(2,3)19(16)12-11-18-9-4-8-17(15-18)10-6-14-21;1-14-7-5-9-16(13-14)10-11-17-15(2)8-6-12-18(17,3)4;1-2-3-4;1-2/h8,12-15,18,24H,4-7,9-11,16-17H2,1-3H3;4,8-9,11-12,14-15H,5-7,10,13H2,1-3H3;5,7,9-11,13H,6,8,12H2,1-4H3;2,4H,1,3H2;1H3/b15-14+;;;;/i;;;;1D. The maximum absolute atomic E-state index is 10.5. The summed E-state index contributed by atoms with van der Waals surface area (Å²) in [7, 11) is -1.00. The lowest BCUT2D eigenvalue weighted by molar-refractivity contribution is -0.107. The smallest absolute Gasteiger partial charge is 0.120 e. The number of carbonyl (C=O) groups excluding carboxylic acids is 1. The van der Waals surface area contributed by atoms with E-state index in [1.165, 1.54) is 132 Å². The van der Waals surface area contributed by atoms with Crippen molar-refractivity contribution in [2.24, 2.45) is 16.2 Å². The fraction of sp³-hybridized carbons (Fsp3) is 0.492. The van der Waals surface area contributed by atoms with Crippen LogP contribution in [0.2, 0.25) is 0 Å². The molecule has 0 amide bonds. The lowest BCUT2D eigenvalue weighted by Crippen LogP contribution is -2.18. The number of carbonyl (C=O) groups is 1. The number of aliphatic hydroxyl groups excluding tert-OH is 2. The lowest BCUT2D eigenvalue weighted by Gasteiger charge is -2.32. The van der Waals surface area contributed by atoms with Gasteiger partial charge in [0, 0.05) is 13.0 Å². The van der Waals surface area contributed by atoms with E-state index in [0.717, 1.165) is 32.0 Å². The number of alkyl halides is 1. The van der Waals surface area contributed by atoms with Crippen molar-refractivity contribution in [3.8, 4) is 0 Å². The topological polar surface area (TPSA) is 57.5 Å². The SMILES string of the molecule is C=CCO.CC1=C(/C=C/c2cccc(CCCCCCO)c2)C(C)(C)CCC1.CC1=C(C=Cc2cccc(C)c2)C(C)(C)CCC1.CC1=C(C=Cc2cccc(CCC=O)c2)C(C)(C)CCC1.[2H]CF. The highest BCUT2D eigenvalue weighted by molar-refractivity contribution is 5.58. The van der Waals surface area contributed by atoms with Gasteiger partial charge in [0.15, 0.2) is 0 Å². The molecule has 0 unspecified atom stereocenters. The summed E-state index contributed by atoms with van der Waals surface area (Å²) in [6.45, 7) is 26.8. The van der Waals surface area contributed by atoms with Crippen molar-refractivity contribution in [1.82, 2.24) is 0 Å². The molecular weight excluding hydrogens is 848 g/mol. The number of hydrogen-bond acceptors (Lipinski definition) is 3. The molecule has 0 aromatic heterocycles. The Morgan fingerprint density at radius 1 is 0.580 bits per heavy atom. The second-order valence-electron chi connectivity index (χ2n) is 21.3. The summed E-state index contributed by atoms with van der Waals surface area (Å²) in [5, 5.41) is 16.6. The van der Waals surface area contributed by atoms with Gasteiger partial charge in [0.25, 0.3) is 0 Å². The molecule has 3 nitrogen and oxygen atoms in total. The van der Waals surface area contributed by atoms with Crippen LogP contribution in [0.3, 0.4) is 0 Å². The van der Waals surface area contributed by atoms with Crippen LogP contribution in [0, 0.1) is 23.2 Å². The third-order valence-electron chi connectivity index (χ3n) is 14.0. The van der Waals surface area contributed by atoms with Crippen LogP contribution in [-0.2, 0) is 17.6 Å². The number of aldehydes is 1. The minimum Gasteiger partial charge on any atom is -0.396 e. The van der Waals surface area contributed by atoms with Crippen LogP contribution in [0.4, 0.5) is 4.39 Å². The third kappa shape index (κ3) is 22.3. The second kappa shape index (κ2) is 32.3. The zero-order chi connectivity index (χ0) is 52.0. The monoisotopic (exact) mass is 942 g/mol. The zero-order valence-electron chi connectivity index (χ0n) is 45.9. The van der Waals surface area contributed by atoms with E-state index in [4.69, 9.17) is 11.6 Å². The predicted molar refractivity (Wildman–Crippen MR) is 300 cm³/mol. The molecule has 0 heterocycles. The van der Waals surface area contributed by atoms with Crippen LogP contribution in [0.5, 0.6) is 0 Å². The van der Waals surface area contributed by atoms with Crippen LogP contribution >= 0.6 is 0 Å². The Labute approximate surface area is 422 Å². The number of aryl methyl sites for hydroxylation is 3. The minimum atomic E-state index is -1.00. The van der Waals surface area contributed by atoms with Crippen molar-refractivity contribution in [2.75, 3.05) is 20.4 Å². The first-order valence-electron chi connectivity index (χ1n) is 26.6. The Morgan fingerprint density at radius 2 is 0.957 bits per heavy atom. The molecule has 3 aromatic carbocycles. The van der Waals surface area contributed by atoms with E-state index in [1.807, 2.05) is 0 Å². The summed E-state index contributed by atoms with van der Waals surface area (Å²) >= 11 is 0. The largest absolute Gasteiger partial charge is 0.396 e. The van der Waals surface area contributed by atoms with Crippen molar-refractivity contribution in [1.29, 1.82) is 0 Å². The van der Waals surface area contributed by atoms with Gasteiger partial charge in [0.2, 0.25) is 0 Å². The van der Waals surface area contributed by atoms with Gasteiger partial charge in [-0.1, -0.05) is 192 Å². The van der Waals surface area contributed by atoms with Crippen LogP contribution in [0.25, 0.3) is 18.2 Å². The van der Waals surface area contributed by atoms with Crippen LogP contribution < -0.4 is 0 Å². The quantitative estimate of drug-likeness (QED) is 0.0855. The summed E-state index contributed by atoms with van der Waals surface area (Å²) in [5.41, 5.74) is 18.0. The molecule has 0 saturated heterocycles. The van der Waals surface area contributed by atoms with Gasteiger partial charge in [-0.15, -0.1) is 6.58 Å². The Kier molecular flexibility index (Phi) is 27.5. The molecule has 4 heteroatoms. The summed E-state index contributed by atoms with van der Waals surface area (Å²) in [6, 6.07) is 26.1. The van der Waals surface area contributed by atoms with E-state index in [0.29, 0.717) is 23.9 Å². The first kappa shape index (κ1) is 58.7. The van der Waals surface area contributed by atoms with Crippen molar-refractivity contribution in [3.05, 3.63) is 170 Å². The van der Waals surface area contributed by atoms with Gasteiger partial charge in [-0.25, -0.2) is 0 Å². The molecule has 378 valence electrons. The Morgan fingerprint density at radius 3 is 1.32 bits per heavy atom. The first-order valence-corrected chi connectivity index (χ1v) is 25.9. The van der Waals surface area contributed by atoms with Crippen molar-refractivity contribution in [2.45, 2.75) is 172 Å². The number of aliphatic hydroxyl groups is 2. The van der Waals surface area contributed by atoms with Gasteiger partial charge in [-0.2, -0.15) is 0 Å². The van der Waals surface area contributed by atoms with Gasteiger partial charge in [0.1, 0.15) is 6.29 Å². The Bertz CT molecular complexity index is 2210. The molecule has 3 aliphatic carbocycles. The molecule has 69 heavy (non-hydrogen) atoms. The maximum atomic E-state index is 10.5. The van der Waals surface area contributed by atoms with E-state index in [-0.39, 0.29) is 12.0 Å². The molecule has 2 N–H and O–H groups in total. The number of benzene rings is 3. The maximum Gasteiger partial charge on any atom is 0.120 e. The van der Waals surface area contributed by atoms with Crippen molar-refractivity contribution in [3.63, 3.8) is 0 Å². The Balaban J connectivity index is 0.000000339. The van der Waals surface area contributed by atoms with Gasteiger partial charge in [-0.05, 0) is 172 Å². The molecule has 3 aromatic rings. The molecule has 0 aliphatic heterocycles. The van der Waals surface area contributed by atoms with Crippen LogP contribution in [-0.4, -0.2) is 36.9 Å². The number of unbranched alkanes of at least 4 members (excludes halogenated alkanes) is 3. The van der Waals surface area contributed by atoms with Gasteiger partial charge in [0.05, 0.1) is 15.1 Å². The first-order chi connectivity index (χ1) is 33.4. The Hall–Kier alpha value is -4.64. The minimum absolute atomic E-state index is 0.0833. The average Bonchev–Trinajstić information content (AvgIpc) is 3.31. The molecule has 0 saturated carbocycles. The fourth-order valence-corrected chi connectivity index (χ4v) is 10.1. The van der Waals surface area contributed by atoms with Crippen LogP contribution in [0.1, 0.15) is 187 Å². The number of allylic oxidation sites excluding steroid dienone is 9. The van der Waals surface area contributed by atoms with E-state index in [2.05, 4.69) is 185 Å². The summed E-state index contributed by atoms with van der Waals surface area (Å²) in [6.07, 6.45) is 34.8. The van der Waals surface area contributed by atoms with Gasteiger partial charge < -0.3 is 15.0 Å². The highest BCUT2D eigenvalue weighted by Gasteiger charge is 2.28. The molecule has 0 spiro atoms. The highest BCUT2D eigenvalue weighted by atomic mass is 19.1. The summed E-state index contributed by atoms with van der Waals surface area (Å²) in [5.74, 6) is 0. The lowest BCUT2D eigenvalue weighted by atomic mass is 9.72. The third-order valence-corrected chi connectivity index (χ3v) is 14.0. The average molecular weight is 942 g/mol. The molecule has 0 bridgehead atoms. The summed E-state index contributed by atoms with van der Waals surface area (Å²) in [4.78, 5) is 10.5. The molecule has 3 aliphatic rings.